The molecule has 0 radical (unpaired) electrons. The highest BCUT2D eigenvalue weighted by Crippen LogP contribution is 2.44. The van der Waals surface area contributed by atoms with Crippen molar-refractivity contribution in [2.75, 3.05) is 0 Å². The Bertz CT molecular complexity index is 1920. The van der Waals surface area contributed by atoms with Crippen molar-refractivity contribution in [1.82, 2.24) is 0 Å². The molecular weight excluding hydrogens is 985 g/mol. The number of cyclic esters (lactones) is 2. The van der Waals surface area contributed by atoms with E-state index < -0.39 is 157 Å². The predicted molar refractivity (Wildman–Crippen MR) is 281 cm³/mol. The quantitative estimate of drug-likeness (QED) is 0.116. The molecular formula is C58H92O18. The van der Waals surface area contributed by atoms with Gasteiger partial charge >= 0.3 is 11.9 Å². The van der Waals surface area contributed by atoms with Crippen LogP contribution < -0.4 is 0 Å². The third kappa shape index (κ3) is 16.0. The highest BCUT2D eigenvalue weighted by molar-refractivity contribution is 5.83. The molecule has 0 aromatic carbocycles. The summed E-state index contributed by atoms with van der Waals surface area (Å²) in [5.74, 6) is -9.71. The molecule has 0 spiro atoms. The van der Waals surface area contributed by atoms with Gasteiger partial charge in [-0.1, -0.05) is 115 Å². The molecule has 0 saturated carbocycles. The van der Waals surface area contributed by atoms with Crippen LogP contribution in [-0.2, 0) is 47.5 Å². The SMILES string of the molecule is CC1=C\C=C\[C@H](C)[C@@H]([C@@H](C)[C@@H](O)[C@H](C)[C@@]2(O)C[C@@H](O[C@H]3C[C@H](O)[C@H](O)[C@H](C)O3)[C@H](C)[C@@H](C)O2)OC(=O)/C=C/C(C)=C/C=C/[C@H](C)[C@@H]([C@@H](C)[C@@H](O)[C@H](C)[C@@]2(O)C[C@@H](O[C@H]3C[C@H](O)[C@H](O)[C@H](C)O3)[C@H](C)[C@@H](C)O2)OC(=O)\C=C\1. The average molecular weight is 1080 g/mol. The summed E-state index contributed by atoms with van der Waals surface area (Å²) in [6.45, 7) is 24.9. The van der Waals surface area contributed by atoms with E-state index in [1.54, 1.807) is 91.8 Å². The van der Waals surface area contributed by atoms with Crippen molar-refractivity contribution in [2.24, 2.45) is 47.3 Å². The number of carbonyl (C=O) groups is 2. The largest absolute Gasteiger partial charge is 0.458 e. The minimum Gasteiger partial charge on any atom is -0.458 e. The van der Waals surface area contributed by atoms with Gasteiger partial charge in [0.25, 0.3) is 0 Å². The summed E-state index contributed by atoms with van der Waals surface area (Å²) < 4.78 is 49.0. The van der Waals surface area contributed by atoms with Crippen LogP contribution in [-0.4, -0.2) is 162 Å². The topological polar surface area (TPSA) is 270 Å². The van der Waals surface area contributed by atoms with E-state index in [9.17, 15) is 50.4 Å². The van der Waals surface area contributed by atoms with Gasteiger partial charge in [-0.25, -0.2) is 9.59 Å². The van der Waals surface area contributed by atoms with Crippen LogP contribution in [0.2, 0.25) is 0 Å². The van der Waals surface area contributed by atoms with Gasteiger partial charge in [0.05, 0.1) is 61.0 Å². The van der Waals surface area contributed by atoms with E-state index in [4.69, 9.17) is 37.9 Å². The van der Waals surface area contributed by atoms with Crippen molar-refractivity contribution < 1.29 is 88.3 Å². The Morgan fingerprint density at radius 2 is 0.895 bits per heavy atom. The summed E-state index contributed by atoms with van der Waals surface area (Å²) in [5.41, 5.74) is 1.34. The van der Waals surface area contributed by atoms with Gasteiger partial charge in [-0.2, -0.15) is 0 Å². The number of aliphatic hydroxyl groups is 8. The monoisotopic (exact) mass is 1080 g/mol. The maximum Gasteiger partial charge on any atom is 0.331 e. The van der Waals surface area contributed by atoms with Crippen LogP contribution >= 0.6 is 0 Å². The molecule has 5 rings (SSSR count). The first-order valence-electron chi connectivity index (χ1n) is 27.4. The Morgan fingerprint density at radius 1 is 0.553 bits per heavy atom. The smallest absolute Gasteiger partial charge is 0.331 e. The molecule has 26 atom stereocenters. The normalized spacial score (nSPS) is 46.1. The lowest BCUT2D eigenvalue weighted by molar-refractivity contribution is -0.343. The fourth-order valence-electron chi connectivity index (χ4n) is 11.1. The van der Waals surface area contributed by atoms with Gasteiger partial charge in [0, 0.05) is 85.2 Å². The number of aliphatic hydroxyl groups excluding tert-OH is 6. The van der Waals surface area contributed by atoms with E-state index >= 15 is 0 Å². The summed E-state index contributed by atoms with van der Waals surface area (Å²) in [5, 5.41) is 89.6. The second-order valence-electron chi connectivity index (χ2n) is 23.0. The van der Waals surface area contributed by atoms with Gasteiger partial charge in [-0.15, -0.1) is 0 Å². The van der Waals surface area contributed by atoms with Gasteiger partial charge in [0.2, 0.25) is 0 Å². The molecule has 0 bridgehead atoms. The number of rotatable bonds is 12. The maximum atomic E-state index is 13.6. The Labute approximate surface area is 450 Å². The van der Waals surface area contributed by atoms with Crippen LogP contribution in [0.25, 0.3) is 0 Å². The van der Waals surface area contributed by atoms with Gasteiger partial charge < -0.3 is 78.7 Å². The molecule has 0 aromatic rings. The molecule has 76 heavy (non-hydrogen) atoms. The van der Waals surface area contributed by atoms with Gasteiger partial charge in [0.1, 0.15) is 24.4 Å². The minimum absolute atomic E-state index is 0.0297. The van der Waals surface area contributed by atoms with Crippen LogP contribution in [0.4, 0.5) is 0 Å². The van der Waals surface area contributed by atoms with Gasteiger partial charge in [-0.3, -0.25) is 0 Å². The van der Waals surface area contributed by atoms with Crippen LogP contribution in [0, 0.1) is 47.3 Å². The summed E-state index contributed by atoms with van der Waals surface area (Å²) in [6, 6.07) is 0. The molecule has 0 unspecified atom stereocenters. The first-order chi connectivity index (χ1) is 35.5. The first-order valence-corrected chi connectivity index (χ1v) is 27.4. The highest BCUT2D eigenvalue weighted by Gasteiger charge is 2.53. The molecule has 18 heteroatoms. The molecule has 0 amide bonds. The zero-order valence-corrected chi connectivity index (χ0v) is 47.1. The number of esters is 2. The highest BCUT2D eigenvalue weighted by atomic mass is 16.7. The van der Waals surface area contributed by atoms with Gasteiger partial charge in [0.15, 0.2) is 24.2 Å². The fourth-order valence-corrected chi connectivity index (χ4v) is 11.1. The second kappa shape index (κ2) is 27.3. The molecule has 5 aliphatic rings. The lowest BCUT2D eigenvalue weighted by Gasteiger charge is -2.49. The number of hydrogen-bond donors (Lipinski definition) is 8. The van der Waals surface area contributed by atoms with Crippen molar-refractivity contribution in [3.8, 4) is 0 Å². The predicted octanol–water partition coefficient (Wildman–Crippen LogP) is 5.23. The molecule has 0 aliphatic carbocycles. The lowest BCUT2D eigenvalue weighted by Crippen LogP contribution is -2.59. The first kappa shape index (κ1) is 63.6. The van der Waals surface area contributed by atoms with E-state index in [0.29, 0.717) is 11.1 Å². The standard InChI is InChI=1S/C58H92O18/c1-29-17-15-19-31(3)55(35(7)51(63)37(9)57(67)27-45(33(5)39(11)75-57)71-49-25-43(59)53(65)41(13)69-49)74-48(62)24-22-30(2)18-16-20-32(4)56(73-47(61)23-21-29)36(8)52(64)38(10)58(68)28-46(34(6)40(12)76-58)72-50-26-44(60)54(66)42(14)70-50/h15-24,31-46,49-56,59-60,63-68H,25-28H2,1-14H3/b19-15+,20-16+,23-21+,24-22+,29-17+,30-18+/t31-,32-,33+,34+,35-,36-,37-,38-,39+,40+,41-,42-,43-,44-,45+,46+,49-,50-,51+,52+,53+,54+,55-,56-,57+,58+/m0/s1. The number of allylic oxidation sites excluding steroid dienone is 8. The molecule has 8 N–H and O–H groups in total. The molecule has 0 aromatic heterocycles. The van der Waals surface area contributed by atoms with E-state index in [1.165, 1.54) is 12.2 Å². The number of carbonyl (C=O) groups excluding carboxylic acids is 2. The van der Waals surface area contributed by atoms with Crippen molar-refractivity contribution in [3.63, 3.8) is 0 Å². The van der Waals surface area contributed by atoms with Crippen LogP contribution in [0.5, 0.6) is 0 Å². The lowest BCUT2D eigenvalue weighted by atomic mass is 9.76. The molecule has 4 saturated heterocycles. The number of ether oxygens (including phenoxy) is 8. The summed E-state index contributed by atoms with van der Waals surface area (Å²) in [4.78, 5) is 27.3. The Balaban J connectivity index is 1.32. The fraction of sp³-hybridized carbons (Fsp3) is 0.759. The molecule has 432 valence electrons. The van der Waals surface area contributed by atoms with E-state index in [2.05, 4.69) is 0 Å². The summed E-state index contributed by atoms with van der Waals surface area (Å²) in [6.07, 6.45) is 2.79. The van der Waals surface area contributed by atoms with Crippen LogP contribution in [0.1, 0.15) is 123 Å². The zero-order chi connectivity index (χ0) is 56.7. The Morgan fingerprint density at radius 3 is 1.22 bits per heavy atom. The van der Waals surface area contributed by atoms with E-state index in [0.717, 1.165) is 0 Å². The summed E-state index contributed by atoms with van der Waals surface area (Å²) in [7, 11) is 0. The summed E-state index contributed by atoms with van der Waals surface area (Å²) >= 11 is 0. The Hall–Kier alpha value is -3.18. The molecule has 5 aliphatic heterocycles. The number of hydrogen-bond acceptors (Lipinski definition) is 18. The Kier molecular flexibility index (Phi) is 22.9. The van der Waals surface area contributed by atoms with Gasteiger partial charge in [-0.05, 0) is 41.5 Å². The van der Waals surface area contributed by atoms with Crippen molar-refractivity contribution in [1.29, 1.82) is 0 Å². The third-order valence-corrected chi connectivity index (χ3v) is 17.0. The van der Waals surface area contributed by atoms with Crippen LogP contribution in [0.3, 0.4) is 0 Å². The second-order valence-corrected chi connectivity index (χ2v) is 23.0. The van der Waals surface area contributed by atoms with E-state index in [-0.39, 0.29) is 37.5 Å². The van der Waals surface area contributed by atoms with Crippen LogP contribution in [0.15, 0.2) is 71.9 Å². The van der Waals surface area contributed by atoms with E-state index in [1.807, 2.05) is 53.7 Å². The average Bonchev–Trinajstić information content (AvgIpc) is 3.35. The molecule has 18 nitrogen and oxygen atoms in total. The minimum atomic E-state index is -1.87. The zero-order valence-electron chi connectivity index (χ0n) is 47.1. The van der Waals surface area contributed by atoms with Crippen molar-refractivity contribution >= 4 is 11.9 Å². The third-order valence-electron chi connectivity index (χ3n) is 17.0. The van der Waals surface area contributed by atoms with Crippen molar-refractivity contribution in [2.45, 2.75) is 232 Å². The van der Waals surface area contributed by atoms with Crippen molar-refractivity contribution in [3.05, 3.63) is 71.9 Å². The molecule has 5 heterocycles. The maximum absolute atomic E-state index is 13.6. The molecule has 4 fully saturated rings.